The summed E-state index contributed by atoms with van der Waals surface area (Å²) in [5.74, 6) is -3.06. The molecule has 0 amide bonds. The molecule has 4 rings (SSSR count). The van der Waals surface area contributed by atoms with E-state index in [1.54, 1.807) is 149 Å². The van der Waals surface area contributed by atoms with Crippen LogP contribution in [0.5, 0.6) is 0 Å². The third-order valence-electron chi connectivity index (χ3n) is 7.41. The van der Waals surface area contributed by atoms with Gasteiger partial charge >= 0.3 is 23.9 Å². The Bertz CT molecular complexity index is 1400. The van der Waals surface area contributed by atoms with Gasteiger partial charge in [0.15, 0.2) is 0 Å². The first-order valence-corrected chi connectivity index (χ1v) is 17.5. The van der Waals surface area contributed by atoms with Crippen LogP contribution in [-0.2, 0) is 0 Å². The Morgan fingerprint density at radius 2 is 0.745 bits per heavy atom. The van der Waals surface area contributed by atoms with Crippen LogP contribution in [0.2, 0.25) is 0 Å². The smallest absolute Gasteiger partial charge is 0.335 e. The highest BCUT2D eigenvalue weighted by atomic mass is 16.4. The van der Waals surface area contributed by atoms with Crippen molar-refractivity contribution < 1.29 is 60.0 Å². The van der Waals surface area contributed by atoms with Crippen LogP contribution in [0.15, 0.2) is 121 Å². The van der Waals surface area contributed by atoms with E-state index in [0.717, 1.165) is 6.42 Å². The summed E-state index contributed by atoms with van der Waals surface area (Å²) < 4.78 is 0. The van der Waals surface area contributed by atoms with Gasteiger partial charge in [-0.05, 0) is 95.0 Å². The molecule has 0 heterocycles. The number of aromatic carboxylic acids is 4. The SMILES string of the molecule is CC(C)CC(O)C(C)O.CCCC(C)(O)C(C)(C)O.O=C(O)c1ccccc1.O=C(O)c1ccccc1.O=C(O)c1ccccc1.O=C(O)c1ccccc1. The van der Waals surface area contributed by atoms with E-state index in [4.69, 9.17) is 30.6 Å². The Morgan fingerprint density at radius 3 is 0.836 bits per heavy atom. The highest BCUT2D eigenvalue weighted by molar-refractivity contribution is 5.88. The van der Waals surface area contributed by atoms with Gasteiger partial charge in [0.1, 0.15) is 0 Å². The summed E-state index contributed by atoms with van der Waals surface area (Å²) in [6, 6.07) is 33.2. The Labute approximate surface area is 324 Å². The van der Waals surface area contributed by atoms with Gasteiger partial charge in [0, 0.05) is 0 Å². The Kier molecular flexibility index (Phi) is 26.4. The Morgan fingerprint density at radius 1 is 0.509 bits per heavy atom. The Balaban J connectivity index is 0. The van der Waals surface area contributed by atoms with Gasteiger partial charge in [-0.25, -0.2) is 19.2 Å². The summed E-state index contributed by atoms with van der Waals surface area (Å²) >= 11 is 0. The molecule has 3 unspecified atom stereocenters. The first-order valence-electron chi connectivity index (χ1n) is 17.5. The number of aliphatic hydroxyl groups is 4. The molecule has 0 aliphatic carbocycles. The van der Waals surface area contributed by atoms with Crippen LogP contribution < -0.4 is 0 Å². The van der Waals surface area contributed by atoms with E-state index in [-0.39, 0.29) is 0 Å². The van der Waals surface area contributed by atoms with E-state index in [1.807, 2.05) is 20.8 Å². The molecular formula is C43H58O12. The van der Waals surface area contributed by atoms with Crippen molar-refractivity contribution in [3.8, 4) is 0 Å². The molecule has 12 nitrogen and oxygen atoms in total. The van der Waals surface area contributed by atoms with Crippen LogP contribution in [0.3, 0.4) is 0 Å². The number of carboxylic acids is 4. The minimum atomic E-state index is -0.997. The van der Waals surface area contributed by atoms with Gasteiger partial charge in [0.2, 0.25) is 0 Å². The summed E-state index contributed by atoms with van der Waals surface area (Å²) in [5.41, 5.74) is -0.630. The zero-order chi connectivity index (χ0) is 42.6. The van der Waals surface area contributed by atoms with Crippen molar-refractivity contribution in [3.63, 3.8) is 0 Å². The normalized spacial score (nSPS) is 12.1. The molecule has 0 radical (unpaired) electrons. The van der Waals surface area contributed by atoms with Crippen molar-refractivity contribution in [1.82, 2.24) is 0 Å². The van der Waals surface area contributed by atoms with Crippen molar-refractivity contribution in [2.45, 2.75) is 91.1 Å². The summed E-state index contributed by atoms with van der Waals surface area (Å²) in [7, 11) is 0. The second-order valence-corrected chi connectivity index (χ2v) is 13.2. The highest BCUT2D eigenvalue weighted by Gasteiger charge is 2.36. The molecule has 0 aliphatic heterocycles. The maximum absolute atomic E-state index is 10.2. The quantitative estimate of drug-likeness (QED) is 0.0779. The monoisotopic (exact) mass is 766 g/mol. The molecule has 0 spiro atoms. The lowest BCUT2D eigenvalue weighted by Crippen LogP contribution is -2.47. The summed E-state index contributed by atoms with van der Waals surface area (Å²) in [5, 5.41) is 70.4. The predicted molar refractivity (Wildman–Crippen MR) is 213 cm³/mol. The van der Waals surface area contributed by atoms with Gasteiger partial charge in [0.05, 0.1) is 45.7 Å². The van der Waals surface area contributed by atoms with Gasteiger partial charge in [-0.3, -0.25) is 0 Å². The predicted octanol–water partition coefficient (Wildman–Crippen LogP) is 7.62. The third-order valence-corrected chi connectivity index (χ3v) is 7.41. The maximum atomic E-state index is 10.2. The van der Waals surface area contributed by atoms with E-state index in [0.29, 0.717) is 41.0 Å². The van der Waals surface area contributed by atoms with Gasteiger partial charge in [-0.15, -0.1) is 0 Å². The second-order valence-electron chi connectivity index (χ2n) is 13.2. The molecule has 55 heavy (non-hydrogen) atoms. The minimum Gasteiger partial charge on any atom is -0.478 e. The van der Waals surface area contributed by atoms with Gasteiger partial charge < -0.3 is 40.9 Å². The van der Waals surface area contributed by atoms with Gasteiger partial charge in [-0.1, -0.05) is 100.0 Å². The van der Waals surface area contributed by atoms with Gasteiger partial charge in [0.25, 0.3) is 0 Å². The first kappa shape index (κ1) is 51.7. The van der Waals surface area contributed by atoms with E-state index in [2.05, 4.69) is 0 Å². The van der Waals surface area contributed by atoms with E-state index >= 15 is 0 Å². The molecule has 4 aromatic rings. The fourth-order valence-electron chi connectivity index (χ4n) is 3.80. The van der Waals surface area contributed by atoms with Crippen molar-refractivity contribution in [2.24, 2.45) is 5.92 Å². The number of aliphatic hydroxyl groups excluding tert-OH is 2. The largest absolute Gasteiger partial charge is 0.478 e. The molecule has 302 valence electrons. The van der Waals surface area contributed by atoms with E-state index < -0.39 is 47.3 Å². The molecule has 0 aromatic heterocycles. The van der Waals surface area contributed by atoms with Crippen LogP contribution >= 0.6 is 0 Å². The number of carboxylic acid groups (broad SMARTS) is 4. The lowest BCUT2D eigenvalue weighted by molar-refractivity contribution is -0.123. The van der Waals surface area contributed by atoms with Crippen molar-refractivity contribution >= 4 is 23.9 Å². The molecule has 0 saturated carbocycles. The Hall–Kier alpha value is -5.40. The third kappa shape index (κ3) is 26.1. The number of hydrogen-bond acceptors (Lipinski definition) is 8. The lowest BCUT2D eigenvalue weighted by atomic mass is 9.84. The van der Waals surface area contributed by atoms with E-state index in [1.165, 1.54) is 0 Å². The number of benzene rings is 4. The molecule has 0 aliphatic rings. The number of rotatable bonds is 10. The number of carbonyl (C=O) groups is 4. The van der Waals surface area contributed by atoms with Gasteiger partial charge in [-0.2, -0.15) is 0 Å². The molecular weight excluding hydrogens is 708 g/mol. The fraction of sp³-hybridized carbons (Fsp3) is 0.349. The lowest BCUT2D eigenvalue weighted by Gasteiger charge is -2.35. The highest BCUT2D eigenvalue weighted by Crippen LogP contribution is 2.25. The van der Waals surface area contributed by atoms with E-state index in [9.17, 15) is 29.4 Å². The molecule has 12 heteroatoms. The summed E-state index contributed by atoms with van der Waals surface area (Å²) in [6.07, 6.45) is 1.06. The molecule has 3 atom stereocenters. The molecule has 4 aromatic carbocycles. The van der Waals surface area contributed by atoms with Crippen molar-refractivity contribution in [3.05, 3.63) is 144 Å². The second kappa shape index (κ2) is 28.1. The van der Waals surface area contributed by atoms with Crippen LogP contribution in [0, 0.1) is 5.92 Å². The maximum Gasteiger partial charge on any atom is 0.335 e. The average Bonchev–Trinajstić information content (AvgIpc) is 3.13. The van der Waals surface area contributed by atoms with Crippen molar-refractivity contribution in [2.75, 3.05) is 0 Å². The van der Waals surface area contributed by atoms with Crippen LogP contribution in [0.4, 0.5) is 0 Å². The van der Waals surface area contributed by atoms with Crippen molar-refractivity contribution in [1.29, 1.82) is 0 Å². The fourth-order valence-corrected chi connectivity index (χ4v) is 3.80. The average molecular weight is 767 g/mol. The topological polar surface area (TPSA) is 230 Å². The minimum absolute atomic E-state index is 0.331. The molecule has 0 fully saturated rings. The zero-order valence-electron chi connectivity index (χ0n) is 32.6. The van der Waals surface area contributed by atoms with Crippen LogP contribution in [-0.4, -0.2) is 88.1 Å². The molecule has 0 bridgehead atoms. The van der Waals surface area contributed by atoms with Crippen LogP contribution in [0.25, 0.3) is 0 Å². The van der Waals surface area contributed by atoms with Crippen LogP contribution in [0.1, 0.15) is 109 Å². The standard InChI is InChI=1S/C8H18O2.4C7H6O2.C7H16O2/c1-5-6-8(4,10)7(2,3)9;4*8-7(9)6-4-2-1-3-5-6;1-5(2)4-7(9)6(3)8/h9-10H,5-6H2,1-4H3;4*1-5H,(H,8,9);5-9H,4H2,1-3H3. The summed E-state index contributed by atoms with van der Waals surface area (Å²) in [4.78, 5) is 40.8. The zero-order valence-corrected chi connectivity index (χ0v) is 32.6. The first-order chi connectivity index (χ1) is 25.6. The summed E-state index contributed by atoms with van der Waals surface area (Å²) in [6.45, 7) is 12.5. The molecule has 0 saturated heterocycles. The number of hydrogen-bond donors (Lipinski definition) is 8. The molecule has 8 N–H and O–H groups in total.